The Balaban J connectivity index is 1.63. The highest BCUT2D eigenvalue weighted by Gasteiger charge is 2.22. The highest BCUT2D eigenvalue weighted by Crippen LogP contribution is 2.29. The van der Waals surface area contributed by atoms with Crippen molar-refractivity contribution in [3.63, 3.8) is 0 Å². The zero-order valence-corrected chi connectivity index (χ0v) is 12.5. The molecule has 1 aliphatic heterocycles. The first kappa shape index (κ1) is 14.4. The number of nitrogen functional groups attached to an aromatic ring is 1. The van der Waals surface area contributed by atoms with Crippen LogP contribution in [0.3, 0.4) is 0 Å². The van der Waals surface area contributed by atoms with E-state index in [0.717, 1.165) is 30.8 Å². The average Bonchev–Trinajstić information content (AvgIpc) is 2.55. The molecular weight excluding hydrogens is 276 g/mol. The van der Waals surface area contributed by atoms with Gasteiger partial charge in [-0.3, -0.25) is 4.79 Å². The highest BCUT2D eigenvalue weighted by atomic mass is 16.5. The van der Waals surface area contributed by atoms with Gasteiger partial charge in [0.15, 0.2) is 0 Å². The van der Waals surface area contributed by atoms with Crippen molar-refractivity contribution in [1.29, 1.82) is 0 Å². The molecule has 0 saturated heterocycles. The topological polar surface area (TPSA) is 55.6 Å². The molecule has 0 spiro atoms. The fraction of sp³-hybridized carbons (Fsp3) is 0.278. The van der Waals surface area contributed by atoms with Crippen LogP contribution in [0.25, 0.3) is 0 Å². The molecule has 4 heteroatoms. The predicted molar refractivity (Wildman–Crippen MR) is 88.1 cm³/mol. The zero-order valence-electron chi connectivity index (χ0n) is 12.5. The van der Waals surface area contributed by atoms with Crippen LogP contribution in [-0.2, 0) is 11.2 Å². The molecular formula is C18H20N2O2. The van der Waals surface area contributed by atoms with Gasteiger partial charge in [-0.05, 0) is 42.7 Å². The number of ether oxygens (including phenoxy) is 1. The van der Waals surface area contributed by atoms with Crippen LogP contribution in [0.15, 0.2) is 48.5 Å². The first-order valence-corrected chi connectivity index (χ1v) is 7.60. The summed E-state index contributed by atoms with van der Waals surface area (Å²) in [4.78, 5) is 14.3. The second-order valence-electron chi connectivity index (χ2n) is 5.45. The Morgan fingerprint density at radius 3 is 2.82 bits per heavy atom. The Labute approximate surface area is 130 Å². The predicted octanol–water partition coefficient (Wildman–Crippen LogP) is 3.02. The van der Waals surface area contributed by atoms with E-state index in [9.17, 15) is 4.79 Å². The summed E-state index contributed by atoms with van der Waals surface area (Å²) in [5.41, 5.74) is 8.70. The van der Waals surface area contributed by atoms with E-state index in [-0.39, 0.29) is 5.91 Å². The molecule has 1 amide bonds. The van der Waals surface area contributed by atoms with E-state index >= 15 is 0 Å². The lowest BCUT2D eigenvalue weighted by atomic mass is 10.0. The van der Waals surface area contributed by atoms with Crippen molar-refractivity contribution in [2.45, 2.75) is 19.3 Å². The van der Waals surface area contributed by atoms with Gasteiger partial charge in [0.05, 0.1) is 13.0 Å². The molecule has 2 N–H and O–H groups in total. The summed E-state index contributed by atoms with van der Waals surface area (Å²) in [6, 6.07) is 15.4. The van der Waals surface area contributed by atoms with Crippen LogP contribution in [-0.4, -0.2) is 19.1 Å². The fourth-order valence-electron chi connectivity index (χ4n) is 2.76. The Bertz CT molecular complexity index is 655. The second kappa shape index (κ2) is 6.52. The number of fused-ring (bicyclic) bond motifs is 1. The molecule has 0 aliphatic carbocycles. The lowest BCUT2D eigenvalue weighted by molar-refractivity contribution is -0.119. The van der Waals surface area contributed by atoms with Crippen LogP contribution in [0, 0.1) is 0 Å². The van der Waals surface area contributed by atoms with Gasteiger partial charge in [0.25, 0.3) is 0 Å². The molecule has 3 rings (SSSR count). The standard InChI is InChI=1S/C18H20N2O2/c19-15-9-8-14-5-4-11-20(17(14)13-15)18(21)10-12-22-16-6-2-1-3-7-16/h1-3,6-9,13H,4-5,10-12,19H2. The third kappa shape index (κ3) is 3.22. The van der Waals surface area contributed by atoms with Gasteiger partial charge in [0.1, 0.15) is 5.75 Å². The maximum Gasteiger partial charge on any atom is 0.230 e. The molecule has 22 heavy (non-hydrogen) atoms. The molecule has 0 radical (unpaired) electrons. The van der Waals surface area contributed by atoms with Crippen molar-refractivity contribution in [2.24, 2.45) is 0 Å². The molecule has 2 aromatic rings. The van der Waals surface area contributed by atoms with Gasteiger partial charge in [0, 0.05) is 17.9 Å². The minimum Gasteiger partial charge on any atom is -0.493 e. The van der Waals surface area contributed by atoms with E-state index in [1.54, 1.807) is 0 Å². The van der Waals surface area contributed by atoms with Crippen LogP contribution < -0.4 is 15.4 Å². The van der Waals surface area contributed by atoms with Crippen LogP contribution in [0.4, 0.5) is 11.4 Å². The van der Waals surface area contributed by atoms with Gasteiger partial charge < -0.3 is 15.4 Å². The maximum atomic E-state index is 12.5. The third-order valence-corrected chi connectivity index (χ3v) is 3.86. The summed E-state index contributed by atoms with van der Waals surface area (Å²) >= 11 is 0. The maximum absolute atomic E-state index is 12.5. The number of hydrogen-bond donors (Lipinski definition) is 1. The molecule has 1 heterocycles. The number of carbonyl (C=O) groups is 1. The first-order valence-electron chi connectivity index (χ1n) is 7.60. The average molecular weight is 296 g/mol. The van der Waals surface area contributed by atoms with Crippen molar-refractivity contribution >= 4 is 17.3 Å². The van der Waals surface area contributed by atoms with Gasteiger partial charge >= 0.3 is 0 Å². The number of rotatable bonds is 4. The normalized spacial score (nSPS) is 13.5. The largest absolute Gasteiger partial charge is 0.493 e. The number of anilines is 2. The highest BCUT2D eigenvalue weighted by molar-refractivity contribution is 5.95. The molecule has 0 bridgehead atoms. The van der Waals surface area contributed by atoms with E-state index in [0.29, 0.717) is 18.7 Å². The summed E-state index contributed by atoms with van der Waals surface area (Å²) in [6.45, 7) is 1.14. The Morgan fingerprint density at radius 1 is 1.18 bits per heavy atom. The molecule has 0 unspecified atom stereocenters. The molecule has 0 atom stereocenters. The SMILES string of the molecule is Nc1ccc2c(c1)N(C(=O)CCOc1ccccc1)CCC2. The minimum atomic E-state index is 0.0856. The summed E-state index contributed by atoms with van der Waals surface area (Å²) in [7, 11) is 0. The van der Waals surface area contributed by atoms with Crippen molar-refractivity contribution in [3.05, 3.63) is 54.1 Å². The Hall–Kier alpha value is -2.49. The summed E-state index contributed by atoms with van der Waals surface area (Å²) in [6.07, 6.45) is 2.35. The summed E-state index contributed by atoms with van der Waals surface area (Å²) < 4.78 is 5.61. The number of aryl methyl sites for hydroxylation is 1. The molecule has 0 aromatic heterocycles. The first-order chi connectivity index (χ1) is 10.7. The van der Waals surface area contributed by atoms with E-state index < -0.39 is 0 Å². The van der Waals surface area contributed by atoms with Crippen LogP contribution in [0.5, 0.6) is 5.75 Å². The summed E-state index contributed by atoms with van der Waals surface area (Å²) in [5.74, 6) is 0.876. The smallest absolute Gasteiger partial charge is 0.230 e. The third-order valence-electron chi connectivity index (χ3n) is 3.86. The minimum absolute atomic E-state index is 0.0856. The van der Waals surface area contributed by atoms with E-state index in [1.807, 2.05) is 53.4 Å². The lowest BCUT2D eigenvalue weighted by Gasteiger charge is -2.29. The molecule has 0 saturated carbocycles. The lowest BCUT2D eigenvalue weighted by Crippen LogP contribution is -2.36. The monoisotopic (exact) mass is 296 g/mol. The molecule has 2 aromatic carbocycles. The van der Waals surface area contributed by atoms with Gasteiger partial charge in [-0.1, -0.05) is 24.3 Å². The van der Waals surface area contributed by atoms with E-state index in [2.05, 4.69) is 0 Å². The van der Waals surface area contributed by atoms with Crippen molar-refractivity contribution in [2.75, 3.05) is 23.8 Å². The fourth-order valence-corrected chi connectivity index (χ4v) is 2.76. The molecule has 4 nitrogen and oxygen atoms in total. The van der Waals surface area contributed by atoms with Crippen LogP contribution >= 0.6 is 0 Å². The zero-order chi connectivity index (χ0) is 15.4. The van der Waals surface area contributed by atoms with Crippen LogP contribution in [0.1, 0.15) is 18.4 Å². The Morgan fingerprint density at radius 2 is 2.00 bits per heavy atom. The van der Waals surface area contributed by atoms with Gasteiger partial charge in [-0.2, -0.15) is 0 Å². The number of hydrogen-bond acceptors (Lipinski definition) is 3. The number of carbonyl (C=O) groups excluding carboxylic acids is 1. The number of nitrogens with zero attached hydrogens (tertiary/aromatic N) is 1. The molecule has 1 aliphatic rings. The number of para-hydroxylation sites is 1. The van der Waals surface area contributed by atoms with Crippen LogP contribution in [0.2, 0.25) is 0 Å². The van der Waals surface area contributed by atoms with Gasteiger partial charge in [0.2, 0.25) is 5.91 Å². The van der Waals surface area contributed by atoms with Crippen molar-refractivity contribution in [1.82, 2.24) is 0 Å². The second-order valence-corrected chi connectivity index (χ2v) is 5.45. The quantitative estimate of drug-likeness (QED) is 0.882. The van der Waals surface area contributed by atoms with E-state index in [4.69, 9.17) is 10.5 Å². The Kier molecular flexibility index (Phi) is 4.28. The number of benzene rings is 2. The molecule has 114 valence electrons. The van der Waals surface area contributed by atoms with Crippen molar-refractivity contribution < 1.29 is 9.53 Å². The molecule has 0 fully saturated rings. The van der Waals surface area contributed by atoms with Crippen molar-refractivity contribution in [3.8, 4) is 5.75 Å². The number of nitrogens with two attached hydrogens (primary N) is 1. The summed E-state index contributed by atoms with van der Waals surface area (Å²) in [5, 5.41) is 0. The van der Waals surface area contributed by atoms with Gasteiger partial charge in [-0.15, -0.1) is 0 Å². The number of amides is 1. The van der Waals surface area contributed by atoms with E-state index in [1.165, 1.54) is 5.56 Å². The van der Waals surface area contributed by atoms with Gasteiger partial charge in [-0.25, -0.2) is 0 Å².